The van der Waals surface area contributed by atoms with E-state index in [0.717, 1.165) is 0 Å². The van der Waals surface area contributed by atoms with Gasteiger partial charge in [0, 0.05) is 10.8 Å². The van der Waals surface area contributed by atoms with Crippen LogP contribution in [0.4, 0.5) is 0 Å². The van der Waals surface area contributed by atoms with Crippen LogP contribution in [0.3, 0.4) is 0 Å². The highest BCUT2D eigenvalue weighted by Gasteiger charge is 2.18. The van der Waals surface area contributed by atoms with Gasteiger partial charge in [-0.25, -0.2) is 0 Å². The van der Waals surface area contributed by atoms with Crippen molar-refractivity contribution in [3.63, 3.8) is 0 Å². The van der Waals surface area contributed by atoms with Gasteiger partial charge in [0.15, 0.2) is 0 Å². The molecule has 0 amide bonds. The maximum atomic E-state index is 9.61. The molecule has 1 heterocycles. The summed E-state index contributed by atoms with van der Waals surface area (Å²) in [6.45, 7) is 0. The molecule has 0 radical (unpaired) electrons. The molecular weight excluding hydrogens is 544 g/mol. The first-order valence-electron chi connectivity index (χ1n) is 23.8. The van der Waals surface area contributed by atoms with Gasteiger partial charge in [-0.15, -0.1) is 0 Å². The summed E-state index contributed by atoms with van der Waals surface area (Å²) in [6, 6.07) is 0.114. The third-order valence-electron chi connectivity index (χ3n) is 7.57. The van der Waals surface area contributed by atoms with Gasteiger partial charge < -0.3 is 4.42 Å². The molecule has 9 aromatic rings. The Balaban J connectivity index is 1.36. The molecule has 8 aromatic carbocycles. The average Bonchev–Trinajstić information content (AvgIpc) is 3.71. The molecule has 0 fully saturated rings. The van der Waals surface area contributed by atoms with Crippen molar-refractivity contribution >= 4 is 43.5 Å². The van der Waals surface area contributed by atoms with E-state index >= 15 is 0 Å². The van der Waals surface area contributed by atoms with E-state index < -0.39 is 149 Å². The second-order valence-electron chi connectivity index (χ2n) is 10.1. The molecule has 0 N–H and O–H groups in total. The summed E-state index contributed by atoms with van der Waals surface area (Å²) in [5.74, 6) is 0. The number of hydrogen-bond donors (Lipinski definition) is 0. The minimum absolute atomic E-state index is 0.133. The van der Waals surface area contributed by atoms with Gasteiger partial charge in [-0.2, -0.15) is 0 Å². The number of fused-ring (bicyclic) bond motifs is 5. The number of hydrogen-bond acceptors (Lipinski definition) is 1. The zero-order valence-corrected chi connectivity index (χ0v) is 23.0. The zero-order chi connectivity index (χ0) is 47.1. The Labute approximate surface area is 289 Å². The van der Waals surface area contributed by atoms with Crippen LogP contribution < -0.4 is 0 Å². The third kappa shape index (κ3) is 4.24. The zero-order valence-electron chi connectivity index (χ0n) is 43.0. The first-order valence-corrected chi connectivity index (χ1v) is 13.8. The molecule has 0 aliphatic carbocycles. The van der Waals surface area contributed by atoms with Crippen LogP contribution >= 0.6 is 0 Å². The fourth-order valence-corrected chi connectivity index (χ4v) is 5.61. The molecule has 45 heavy (non-hydrogen) atoms. The standard InChI is InChI=1S/C44H28O/c1-3-11-29(12-4-1)31-19-21-32(22-20-31)43-37-15-7-9-17-39(37)44(40-18-10-8-16-38(40)43)34-24-26-36-35-25-23-33(30-13-5-2-6-14-30)27-41(35)45-42(36)28-34/h1-28H/i1D,2D,3D,4D,5D,6D,11D,12D,13D,14D,19D,20D,21D,22D,23D,24D,25D,26D,27D,28D. The fourth-order valence-electron chi connectivity index (χ4n) is 5.61. The summed E-state index contributed by atoms with van der Waals surface area (Å²) in [4.78, 5) is 0. The van der Waals surface area contributed by atoms with Crippen LogP contribution in [0, 0.1) is 0 Å². The highest BCUT2D eigenvalue weighted by molar-refractivity contribution is 6.22. The van der Waals surface area contributed by atoms with Gasteiger partial charge in [0.1, 0.15) is 11.2 Å². The fraction of sp³-hybridized carbons (Fsp3) is 0. The average molecular weight is 593 g/mol. The molecular formula is C44H28O. The largest absolute Gasteiger partial charge is 0.456 e. The van der Waals surface area contributed by atoms with Crippen molar-refractivity contribution in [2.45, 2.75) is 0 Å². The summed E-state index contributed by atoms with van der Waals surface area (Å²) < 4.78 is 181. The van der Waals surface area contributed by atoms with Crippen LogP contribution in [0.25, 0.3) is 88.0 Å². The van der Waals surface area contributed by atoms with Gasteiger partial charge in [-0.3, -0.25) is 0 Å². The number of benzene rings is 8. The second kappa shape index (κ2) is 10.4. The van der Waals surface area contributed by atoms with Gasteiger partial charge in [0.2, 0.25) is 0 Å². The van der Waals surface area contributed by atoms with Crippen molar-refractivity contribution in [1.82, 2.24) is 0 Å². The van der Waals surface area contributed by atoms with E-state index in [1.54, 1.807) is 48.5 Å². The van der Waals surface area contributed by atoms with E-state index in [0.29, 0.717) is 21.5 Å². The third-order valence-corrected chi connectivity index (χ3v) is 7.57. The van der Waals surface area contributed by atoms with Crippen molar-refractivity contribution < 1.29 is 31.8 Å². The molecule has 0 saturated heterocycles. The van der Waals surface area contributed by atoms with E-state index in [1.807, 2.05) is 0 Å². The quantitative estimate of drug-likeness (QED) is 0.185. The van der Waals surface area contributed by atoms with Crippen LogP contribution in [0.15, 0.2) is 174 Å². The van der Waals surface area contributed by atoms with Crippen molar-refractivity contribution in [1.29, 1.82) is 0 Å². The molecule has 0 bridgehead atoms. The smallest absolute Gasteiger partial charge is 0.136 e. The second-order valence-corrected chi connectivity index (χ2v) is 10.1. The first kappa shape index (κ1) is 12.6. The molecule has 1 heteroatoms. The lowest BCUT2D eigenvalue weighted by Crippen LogP contribution is -1.91. The molecule has 1 nitrogen and oxygen atoms in total. The Kier molecular flexibility index (Phi) is 2.90. The Bertz CT molecular complexity index is 3520. The molecule has 0 aliphatic heterocycles. The maximum absolute atomic E-state index is 9.61. The van der Waals surface area contributed by atoms with Crippen LogP contribution in [0.1, 0.15) is 27.4 Å². The highest BCUT2D eigenvalue weighted by Crippen LogP contribution is 2.45. The lowest BCUT2D eigenvalue weighted by molar-refractivity contribution is 0.669. The molecule has 210 valence electrons. The topological polar surface area (TPSA) is 13.1 Å². The maximum Gasteiger partial charge on any atom is 0.136 e. The van der Waals surface area contributed by atoms with Crippen LogP contribution in [-0.4, -0.2) is 0 Å². The minimum atomic E-state index is -0.726. The molecule has 0 atom stereocenters. The Morgan fingerprint density at radius 1 is 0.333 bits per heavy atom. The van der Waals surface area contributed by atoms with Crippen LogP contribution in [0.2, 0.25) is 0 Å². The monoisotopic (exact) mass is 592 g/mol. The van der Waals surface area contributed by atoms with Gasteiger partial charge in [-0.1, -0.05) is 145 Å². The molecule has 0 aliphatic rings. The predicted molar refractivity (Wildman–Crippen MR) is 190 cm³/mol. The lowest BCUT2D eigenvalue weighted by Gasteiger charge is -2.18. The number of furan rings is 1. The summed E-state index contributed by atoms with van der Waals surface area (Å²) in [5.41, 5.74) is -2.63. The van der Waals surface area contributed by atoms with E-state index in [2.05, 4.69) is 0 Å². The summed E-state index contributed by atoms with van der Waals surface area (Å²) >= 11 is 0. The number of rotatable bonds is 4. The van der Waals surface area contributed by atoms with E-state index in [-0.39, 0.29) is 38.6 Å². The molecule has 9 rings (SSSR count). The highest BCUT2D eigenvalue weighted by atomic mass is 16.3. The summed E-state index contributed by atoms with van der Waals surface area (Å²) in [7, 11) is 0. The van der Waals surface area contributed by atoms with E-state index in [1.165, 1.54) is 0 Å². The Hall–Kier alpha value is -5.92. The van der Waals surface area contributed by atoms with Crippen molar-refractivity contribution in [2.24, 2.45) is 0 Å². The van der Waals surface area contributed by atoms with Gasteiger partial charge in [0.25, 0.3) is 0 Å². The van der Waals surface area contributed by atoms with E-state index in [9.17, 15) is 6.85 Å². The molecule has 0 spiro atoms. The van der Waals surface area contributed by atoms with Gasteiger partial charge in [0.05, 0.1) is 27.4 Å². The normalized spacial score (nSPS) is 17.8. The van der Waals surface area contributed by atoms with Crippen LogP contribution in [-0.2, 0) is 0 Å². The summed E-state index contributed by atoms with van der Waals surface area (Å²) in [5, 5.41) is 0.845. The van der Waals surface area contributed by atoms with Crippen molar-refractivity contribution in [2.75, 3.05) is 0 Å². The van der Waals surface area contributed by atoms with Crippen LogP contribution in [0.5, 0.6) is 0 Å². The lowest BCUT2D eigenvalue weighted by atomic mass is 9.85. The first-order chi connectivity index (χ1) is 30.7. The SMILES string of the molecule is [2H]c1c([2H])c([2H])c(-c2c([2H])c([2H])c(-c3c4ccccc4c(-c4c([2H])c([2H])c5c(oc6c([2H])c(-c7c([2H])c([2H])c([2H])c([2H])c7[2H])c([2H])c([2H])c65)c4[2H])c4ccccc34)c([2H])c2[2H])c([2H])c1[2H]. The minimum Gasteiger partial charge on any atom is -0.456 e. The molecule has 1 aromatic heterocycles. The molecule has 0 saturated carbocycles. The molecule has 0 unspecified atom stereocenters. The Morgan fingerprint density at radius 2 is 0.711 bits per heavy atom. The Morgan fingerprint density at radius 3 is 1.24 bits per heavy atom. The van der Waals surface area contributed by atoms with Gasteiger partial charge in [-0.05, 0) is 90.2 Å². The summed E-state index contributed by atoms with van der Waals surface area (Å²) in [6.07, 6.45) is 0. The van der Waals surface area contributed by atoms with Crippen molar-refractivity contribution in [3.8, 4) is 44.5 Å². The predicted octanol–water partition coefficient (Wildman–Crippen LogP) is 12.6. The van der Waals surface area contributed by atoms with Crippen molar-refractivity contribution in [3.05, 3.63) is 169 Å². The van der Waals surface area contributed by atoms with Gasteiger partial charge >= 0.3 is 0 Å². The van der Waals surface area contributed by atoms with E-state index in [4.69, 9.17) is 25.0 Å².